The topological polar surface area (TPSA) is 33.2 Å². The van der Waals surface area contributed by atoms with E-state index in [1.165, 1.54) is 0 Å². The summed E-state index contributed by atoms with van der Waals surface area (Å²) in [6, 6.07) is 21.7. The average molecular weight is 326 g/mol. The van der Waals surface area contributed by atoms with Crippen molar-refractivity contribution in [3.8, 4) is 0 Å². The molecule has 1 aromatic heterocycles. The summed E-state index contributed by atoms with van der Waals surface area (Å²) in [7, 11) is 3.92. The molecule has 0 atom stereocenters. The van der Waals surface area contributed by atoms with Crippen molar-refractivity contribution in [3.05, 3.63) is 84.1 Å². The first-order chi connectivity index (χ1) is 12.2. The summed E-state index contributed by atoms with van der Waals surface area (Å²) in [5.41, 5.74) is 3.13. The lowest BCUT2D eigenvalue weighted by Crippen LogP contribution is -2.16. The van der Waals surface area contributed by atoms with Gasteiger partial charge in [-0.1, -0.05) is 60.7 Å². The molecule has 122 valence electrons. The Morgan fingerprint density at radius 3 is 2.28 bits per heavy atom. The molecule has 0 saturated heterocycles. The van der Waals surface area contributed by atoms with Crippen molar-refractivity contribution >= 4 is 33.1 Å². The predicted octanol–water partition coefficient (Wildman–Crippen LogP) is 4.69. The maximum Gasteiger partial charge on any atom is 0.197 e. The van der Waals surface area contributed by atoms with Gasteiger partial charge in [0.25, 0.3) is 0 Å². The lowest BCUT2D eigenvalue weighted by Gasteiger charge is -2.19. The standard InChI is InChI=1S/C22H18N2O/c1-24(2)21-18-11-5-6-13-20(18)23-14-19(21)22(25)17-12-7-9-15-8-3-4-10-16(15)17/h3-14H,1-2H3. The van der Waals surface area contributed by atoms with Crippen LogP contribution in [0.1, 0.15) is 15.9 Å². The van der Waals surface area contributed by atoms with E-state index in [1.807, 2.05) is 85.7 Å². The number of carbonyl (C=O) groups is 1. The Kier molecular flexibility index (Phi) is 3.69. The van der Waals surface area contributed by atoms with Crippen molar-refractivity contribution in [2.24, 2.45) is 0 Å². The van der Waals surface area contributed by atoms with Crippen LogP contribution in [0.4, 0.5) is 5.69 Å². The molecule has 4 rings (SSSR count). The highest BCUT2D eigenvalue weighted by atomic mass is 16.1. The highest BCUT2D eigenvalue weighted by Crippen LogP contribution is 2.31. The molecule has 0 N–H and O–H groups in total. The first-order valence-electron chi connectivity index (χ1n) is 8.24. The van der Waals surface area contributed by atoms with Crippen LogP contribution in [0.25, 0.3) is 21.7 Å². The molecule has 0 radical (unpaired) electrons. The Labute approximate surface area is 146 Å². The molecule has 0 aliphatic rings. The van der Waals surface area contributed by atoms with Gasteiger partial charge < -0.3 is 4.90 Å². The molecule has 0 aliphatic heterocycles. The molecule has 0 unspecified atom stereocenters. The van der Waals surface area contributed by atoms with Crippen molar-refractivity contribution < 1.29 is 4.79 Å². The first kappa shape index (κ1) is 15.3. The molecular formula is C22H18N2O. The van der Waals surface area contributed by atoms with Crippen LogP contribution in [0, 0.1) is 0 Å². The van der Waals surface area contributed by atoms with E-state index in [2.05, 4.69) is 4.98 Å². The molecule has 3 heteroatoms. The molecule has 0 aliphatic carbocycles. The molecule has 3 nitrogen and oxygen atoms in total. The van der Waals surface area contributed by atoms with Crippen LogP contribution in [0.5, 0.6) is 0 Å². The monoisotopic (exact) mass is 326 g/mol. The van der Waals surface area contributed by atoms with Gasteiger partial charge in [0, 0.05) is 31.2 Å². The fourth-order valence-electron chi connectivity index (χ4n) is 3.34. The number of aromatic nitrogens is 1. The van der Waals surface area contributed by atoms with Crippen molar-refractivity contribution in [1.82, 2.24) is 4.98 Å². The number of benzene rings is 3. The number of para-hydroxylation sites is 1. The van der Waals surface area contributed by atoms with Crippen LogP contribution < -0.4 is 4.90 Å². The zero-order valence-electron chi connectivity index (χ0n) is 14.2. The second kappa shape index (κ2) is 6.02. The highest BCUT2D eigenvalue weighted by molar-refractivity contribution is 6.20. The van der Waals surface area contributed by atoms with E-state index in [1.54, 1.807) is 6.20 Å². The minimum atomic E-state index is -0.00115. The van der Waals surface area contributed by atoms with E-state index in [0.717, 1.165) is 27.4 Å². The number of hydrogen-bond donors (Lipinski definition) is 0. The Balaban J connectivity index is 1.98. The molecule has 0 spiro atoms. The third-order valence-corrected chi connectivity index (χ3v) is 4.47. The van der Waals surface area contributed by atoms with Gasteiger partial charge in [0.15, 0.2) is 5.78 Å². The second-order valence-corrected chi connectivity index (χ2v) is 6.29. The second-order valence-electron chi connectivity index (χ2n) is 6.29. The van der Waals surface area contributed by atoms with Crippen molar-refractivity contribution in [1.29, 1.82) is 0 Å². The smallest absolute Gasteiger partial charge is 0.197 e. The van der Waals surface area contributed by atoms with Gasteiger partial charge >= 0.3 is 0 Å². The van der Waals surface area contributed by atoms with E-state index in [-0.39, 0.29) is 5.78 Å². The Morgan fingerprint density at radius 1 is 0.800 bits per heavy atom. The van der Waals surface area contributed by atoms with Crippen LogP contribution in [0.3, 0.4) is 0 Å². The molecule has 25 heavy (non-hydrogen) atoms. The van der Waals surface area contributed by atoms with Gasteiger partial charge in [-0.25, -0.2) is 0 Å². The first-order valence-corrected chi connectivity index (χ1v) is 8.24. The van der Waals surface area contributed by atoms with Crippen LogP contribution in [0.15, 0.2) is 72.9 Å². The number of carbonyl (C=O) groups excluding carboxylic acids is 1. The molecule has 0 saturated carbocycles. The third-order valence-electron chi connectivity index (χ3n) is 4.47. The summed E-state index contributed by atoms with van der Waals surface area (Å²) in [5, 5.41) is 3.01. The molecule has 0 fully saturated rings. The van der Waals surface area contributed by atoms with E-state index in [9.17, 15) is 4.79 Å². The van der Waals surface area contributed by atoms with Gasteiger partial charge in [-0.2, -0.15) is 0 Å². The summed E-state index contributed by atoms with van der Waals surface area (Å²) in [4.78, 5) is 19.9. The Morgan fingerprint density at radius 2 is 1.48 bits per heavy atom. The van der Waals surface area contributed by atoms with Gasteiger partial charge in [0.05, 0.1) is 16.8 Å². The largest absolute Gasteiger partial charge is 0.376 e. The van der Waals surface area contributed by atoms with Gasteiger partial charge in [-0.3, -0.25) is 9.78 Å². The molecule has 3 aromatic carbocycles. The van der Waals surface area contributed by atoms with Crippen molar-refractivity contribution in [3.63, 3.8) is 0 Å². The predicted molar refractivity (Wildman–Crippen MR) is 103 cm³/mol. The highest BCUT2D eigenvalue weighted by Gasteiger charge is 2.19. The zero-order valence-corrected chi connectivity index (χ0v) is 14.2. The average Bonchev–Trinajstić information content (AvgIpc) is 2.66. The quantitative estimate of drug-likeness (QED) is 0.512. The summed E-state index contributed by atoms with van der Waals surface area (Å²) >= 11 is 0. The molecule has 1 heterocycles. The number of nitrogens with zero attached hydrogens (tertiary/aromatic N) is 2. The van der Waals surface area contributed by atoms with Gasteiger partial charge in [-0.05, 0) is 16.8 Å². The number of hydrogen-bond acceptors (Lipinski definition) is 3. The summed E-state index contributed by atoms with van der Waals surface area (Å²) in [6.45, 7) is 0. The van der Waals surface area contributed by atoms with Gasteiger partial charge in [0.2, 0.25) is 0 Å². The molecule has 4 aromatic rings. The Hall–Kier alpha value is -3.20. The molecule has 0 amide bonds. The maximum atomic E-state index is 13.4. The summed E-state index contributed by atoms with van der Waals surface area (Å²) in [5.74, 6) is -0.00115. The van der Waals surface area contributed by atoms with Crippen molar-refractivity contribution in [2.45, 2.75) is 0 Å². The molecule has 0 bridgehead atoms. The third kappa shape index (κ3) is 2.54. The normalized spacial score (nSPS) is 11.0. The lowest BCUT2D eigenvalue weighted by molar-refractivity contribution is 0.104. The number of rotatable bonds is 3. The van der Waals surface area contributed by atoms with Crippen LogP contribution in [-0.2, 0) is 0 Å². The van der Waals surface area contributed by atoms with E-state index in [0.29, 0.717) is 11.1 Å². The summed E-state index contributed by atoms with van der Waals surface area (Å²) < 4.78 is 0. The van der Waals surface area contributed by atoms with Crippen LogP contribution in [-0.4, -0.2) is 24.9 Å². The van der Waals surface area contributed by atoms with E-state index in [4.69, 9.17) is 0 Å². The zero-order chi connectivity index (χ0) is 17.4. The lowest BCUT2D eigenvalue weighted by atomic mass is 9.96. The van der Waals surface area contributed by atoms with Crippen molar-refractivity contribution in [2.75, 3.05) is 19.0 Å². The van der Waals surface area contributed by atoms with Crippen LogP contribution in [0.2, 0.25) is 0 Å². The fraction of sp³-hybridized carbons (Fsp3) is 0.0909. The SMILES string of the molecule is CN(C)c1c(C(=O)c2cccc3ccccc23)cnc2ccccc12. The van der Waals surface area contributed by atoms with Crippen LogP contribution >= 0.6 is 0 Å². The minimum absolute atomic E-state index is 0.00115. The number of fused-ring (bicyclic) bond motifs is 2. The molecular weight excluding hydrogens is 308 g/mol. The van der Waals surface area contributed by atoms with E-state index < -0.39 is 0 Å². The maximum absolute atomic E-state index is 13.4. The number of anilines is 1. The number of ketones is 1. The Bertz CT molecular complexity index is 1090. The van der Waals surface area contributed by atoms with Gasteiger partial charge in [-0.15, -0.1) is 0 Å². The fourth-order valence-corrected chi connectivity index (χ4v) is 3.34. The van der Waals surface area contributed by atoms with E-state index >= 15 is 0 Å². The minimum Gasteiger partial charge on any atom is -0.376 e. The van der Waals surface area contributed by atoms with Gasteiger partial charge in [0.1, 0.15) is 0 Å². The number of pyridine rings is 1. The summed E-state index contributed by atoms with van der Waals surface area (Å²) in [6.07, 6.45) is 1.70.